The molecule has 0 aliphatic carbocycles. The minimum absolute atomic E-state index is 0.0613. The minimum atomic E-state index is -1.74. The number of aliphatic hydroxyl groups is 4. The number of ether oxygens (including phenoxy) is 4. The summed E-state index contributed by atoms with van der Waals surface area (Å²) < 4.78 is 27.1. The predicted octanol–water partition coefficient (Wildman–Crippen LogP) is 0.0671. The van der Waals surface area contributed by atoms with E-state index in [0.717, 1.165) is 0 Å². The molecule has 1 aliphatic heterocycles. The summed E-state index contributed by atoms with van der Waals surface area (Å²) in [5.74, 6) is -1.10. The first-order valence-electron chi connectivity index (χ1n) is 10.4. The fourth-order valence-electron chi connectivity index (χ4n) is 3.77. The van der Waals surface area contributed by atoms with Crippen LogP contribution in [-0.2, 0) is 4.74 Å². The Morgan fingerprint density at radius 1 is 0.943 bits per heavy atom. The summed E-state index contributed by atoms with van der Waals surface area (Å²) in [6.45, 7) is -0.675. The summed E-state index contributed by atoms with van der Waals surface area (Å²) in [6, 6.07) is 6.73. The molecule has 6 N–H and O–H groups in total. The van der Waals surface area contributed by atoms with Gasteiger partial charge in [0.25, 0.3) is 0 Å². The average molecular weight is 492 g/mol. The first kappa shape index (κ1) is 24.6. The van der Waals surface area contributed by atoms with E-state index in [-0.39, 0.29) is 45.3 Å². The molecule has 2 aromatic carbocycles. The Hall–Kier alpha value is -3.55. The van der Waals surface area contributed by atoms with Crippen LogP contribution in [0.1, 0.15) is 0 Å². The van der Waals surface area contributed by atoms with Gasteiger partial charge in [0, 0.05) is 17.7 Å². The Balaban J connectivity index is 1.84. The van der Waals surface area contributed by atoms with Gasteiger partial charge in [-0.3, -0.25) is 4.79 Å². The second-order valence-electron chi connectivity index (χ2n) is 7.81. The van der Waals surface area contributed by atoms with E-state index in [9.17, 15) is 35.4 Å². The maximum atomic E-state index is 13.2. The Labute approximate surface area is 197 Å². The van der Waals surface area contributed by atoms with Gasteiger partial charge in [-0.1, -0.05) is 0 Å². The van der Waals surface area contributed by atoms with Gasteiger partial charge in [0.1, 0.15) is 46.9 Å². The van der Waals surface area contributed by atoms with Gasteiger partial charge < -0.3 is 54.0 Å². The fourth-order valence-corrected chi connectivity index (χ4v) is 3.77. The van der Waals surface area contributed by atoms with Gasteiger partial charge >= 0.3 is 0 Å². The van der Waals surface area contributed by atoms with Crippen LogP contribution in [-0.4, -0.2) is 82.2 Å². The van der Waals surface area contributed by atoms with Crippen molar-refractivity contribution in [3.63, 3.8) is 0 Å². The quantitative estimate of drug-likeness (QED) is 0.272. The molecular weight excluding hydrogens is 468 g/mol. The van der Waals surface area contributed by atoms with Crippen molar-refractivity contribution in [2.75, 3.05) is 20.8 Å². The van der Waals surface area contributed by atoms with Crippen LogP contribution < -0.4 is 19.6 Å². The van der Waals surface area contributed by atoms with E-state index in [1.807, 2.05) is 0 Å². The monoisotopic (exact) mass is 492 g/mol. The smallest absolute Gasteiger partial charge is 0.238 e. The third-order valence-electron chi connectivity index (χ3n) is 5.68. The predicted molar refractivity (Wildman–Crippen MR) is 119 cm³/mol. The SMILES string of the molecule is COc1cc(O[C@H]2O[C@@H](CO)[C@H](O)[C@@H](O)[C@@H]2O)c2c(=O)c(O)c(-c3ccc(O)c(OC)c3)oc2c1. The number of hydrogen-bond donors (Lipinski definition) is 6. The summed E-state index contributed by atoms with van der Waals surface area (Å²) in [6.07, 6.45) is -7.88. The van der Waals surface area contributed by atoms with Crippen molar-refractivity contribution in [1.29, 1.82) is 0 Å². The third-order valence-corrected chi connectivity index (χ3v) is 5.68. The molecule has 35 heavy (non-hydrogen) atoms. The average Bonchev–Trinajstić information content (AvgIpc) is 2.86. The molecule has 1 fully saturated rings. The Morgan fingerprint density at radius 3 is 2.34 bits per heavy atom. The van der Waals surface area contributed by atoms with Gasteiger partial charge in [-0.2, -0.15) is 0 Å². The topological polar surface area (TPSA) is 189 Å². The number of hydrogen-bond acceptors (Lipinski definition) is 12. The van der Waals surface area contributed by atoms with Crippen molar-refractivity contribution in [3.8, 4) is 40.1 Å². The first-order valence-corrected chi connectivity index (χ1v) is 10.4. The van der Waals surface area contributed by atoms with Crippen molar-refractivity contribution in [1.82, 2.24) is 0 Å². The molecule has 4 rings (SSSR count). The molecule has 1 aromatic heterocycles. The summed E-state index contributed by atoms with van der Waals surface area (Å²) in [5.41, 5.74) is -0.723. The second-order valence-corrected chi connectivity index (χ2v) is 7.81. The molecule has 0 radical (unpaired) electrons. The van der Waals surface area contributed by atoms with Crippen LogP contribution in [0.15, 0.2) is 39.5 Å². The fraction of sp³-hybridized carbons (Fsp3) is 0.348. The van der Waals surface area contributed by atoms with E-state index >= 15 is 0 Å². The van der Waals surface area contributed by atoms with Crippen LogP contribution in [0.2, 0.25) is 0 Å². The normalized spacial score (nSPS) is 24.3. The summed E-state index contributed by atoms with van der Waals surface area (Å²) in [5, 5.41) is 60.0. The van der Waals surface area contributed by atoms with Gasteiger partial charge in [-0.05, 0) is 18.2 Å². The van der Waals surface area contributed by atoms with Crippen molar-refractivity contribution < 1.29 is 54.0 Å². The largest absolute Gasteiger partial charge is 0.504 e. The van der Waals surface area contributed by atoms with Gasteiger partial charge in [-0.25, -0.2) is 0 Å². The highest BCUT2D eigenvalue weighted by Gasteiger charge is 2.45. The Morgan fingerprint density at radius 2 is 1.69 bits per heavy atom. The lowest BCUT2D eigenvalue weighted by Gasteiger charge is -2.39. The molecule has 12 heteroatoms. The van der Waals surface area contributed by atoms with E-state index in [1.54, 1.807) is 0 Å². The summed E-state index contributed by atoms with van der Waals surface area (Å²) >= 11 is 0. The highest BCUT2D eigenvalue weighted by molar-refractivity contribution is 5.88. The van der Waals surface area contributed by atoms with Crippen LogP contribution in [0.25, 0.3) is 22.3 Å². The van der Waals surface area contributed by atoms with Gasteiger partial charge in [0.15, 0.2) is 17.3 Å². The van der Waals surface area contributed by atoms with E-state index in [1.165, 1.54) is 44.6 Å². The number of aromatic hydroxyl groups is 2. The van der Waals surface area contributed by atoms with E-state index in [2.05, 4.69) is 0 Å². The zero-order valence-corrected chi connectivity index (χ0v) is 18.6. The van der Waals surface area contributed by atoms with Crippen molar-refractivity contribution in [3.05, 3.63) is 40.6 Å². The molecule has 0 unspecified atom stereocenters. The Kier molecular flexibility index (Phi) is 6.74. The number of phenolic OH excluding ortho intramolecular Hbond substituents is 1. The molecule has 12 nitrogen and oxygen atoms in total. The van der Waals surface area contributed by atoms with Crippen LogP contribution in [0.4, 0.5) is 0 Å². The lowest BCUT2D eigenvalue weighted by atomic mass is 9.99. The second kappa shape index (κ2) is 9.60. The third kappa shape index (κ3) is 4.33. The Bertz CT molecular complexity index is 1280. The van der Waals surface area contributed by atoms with Crippen LogP contribution in [0.3, 0.4) is 0 Å². The lowest BCUT2D eigenvalue weighted by molar-refractivity contribution is -0.277. The number of benzene rings is 2. The maximum absolute atomic E-state index is 13.2. The standard InChI is InChI=1S/C23H24O12/c1-31-10-6-13-16(14(7-10)34-23-21(30)19(28)17(26)15(8-24)35-23)18(27)20(29)22(33-13)9-3-4-11(25)12(5-9)32-2/h3-7,15,17,19,21,23-26,28-30H,8H2,1-2H3/t15-,17-,19+,21-,23-/m0/s1. The summed E-state index contributed by atoms with van der Waals surface area (Å²) in [7, 11) is 2.69. The highest BCUT2D eigenvalue weighted by atomic mass is 16.7. The van der Waals surface area contributed by atoms with Gasteiger partial charge in [0.05, 0.1) is 20.8 Å². The van der Waals surface area contributed by atoms with Crippen LogP contribution in [0.5, 0.6) is 28.7 Å². The number of phenols is 1. The molecule has 0 saturated carbocycles. The minimum Gasteiger partial charge on any atom is -0.504 e. The van der Waals surface area contributed by atoms with Crippen molar-refractivity contribution in [2.45, 2.75) is 30.7 Å². The zero-order valence-electron chi connectivity index (χ0n) is 18.6. The highest BCUT2D eigenvalue weighted by Crippen LogP contribution is 2.39. The van der Waals surface area contributed by atoms with Crippen molar-refractivity contribution >= 4 is 11.0 Å². The molecule has 1 saturated heterocycles. The van der Waals surface area contributed by atoms with Crippen LogP contribution in [0, 0.1) is 0 Å². The van der Waals surface area contributed by atoms with Crippen molar-refractivity contribution in [2.24, 2.45) is 0 Å². The van der Waals surface area contributed by atoms with E-state index < -0.39 is 48.5 Å². The van der Waals surface area contributed by atoms with Gasteiger partial charge in [-0.15, -0.1) is 0 Å². The van der Waals surface area contributed by atoms with Gasteiger partial charge in [0.2, 0.25) is 17.5 Å². The summed E-state index contributed by atoms with van der Waals surface area (Å²) in [4.78, 5) is 13.2. The molecule has 1 aliphatic rings. The molecule has 2 heterocycles. The van der Waals surface area contributed by atoms with E-state index in [0.29, 0.717) is 0 Å². The zero-order chi connectivity index (χ0) is 25.4. The number of fused-ring (bicyclic) bond motifs is 1. The first-order chi connectivity index (χ1) is 16.7. The van der Waals surface area contributed by atoms with E-state index in [4.69, 9.17) is 23.4 Å². The molecule has 0 amide bonds. The molecule has 3 aromatic rings. The number of methoxy groups -OCH3 is 2. The molecule has 0 bridgehead atoms. The lowest BCUT2D eigenvalue weighted by Crippen LogP contribution is -2.60. The molecular formula is C23H24O12. The molecule has 5 atom stereocenters. The van der Waals surface area contributed by atoms with Crippen LogP contribution >= 0.6 is 0 Å². The maximum Gasteiger partial charge on any atom is 0.238 e. The number of aliphatic hydroxyl groups excluding tert-OH is 4. The number of rotatable bonds is 6. The molecule has 0 spiro atoms. The molecule has 188 valence electrons.